The van der Waals surface area contributed by atoms with E-state index in [4.69, 9.17) is 9.47 Å². The summed E-state index contributed by atoms with van der Waals surface area (Å²) in [7, 11) is 1.58. The molecule has 1 aromatic heterocycles. The summed E-state index contributed by atoms with van der Waals surface area (Å²) in [5.41, 5.74) is 1.77. The highest BCUT2D eigenvalue weighted by molar-refractivity contribution is 7.18. The van der Waals surface area contributed by atoms with E-state index in [2.05, 4.69) is 22.5 Å². The zero-order chi connectivity index (χ0) is 20.3. The molecule has 9 heteroatoms. The third kappa shape index (κ3) is 4.15. The van der Waals surface area contributed by atoms with Crippen LogP contribution in [0.4, 0.5) is 5.00 Å². The van der Waals surface area contributed by atoms with Gasteiger partial charge < -0.3 is 25.4 Å². The Morgan fingerprint density at radius 2 is 1.93 bits per heavy atom. The van der Waals surface area contributed by atoms with Crippen molar-refractivity contribution in [1.29, 1.82) is 0 Å². The van der Waals surface area contributed by atoms with Crippen molar-refractivity contribution in [2.45, 2.75) is 13.5 Å². The fourth-order valence-corrected chi connectivity index (χ4v) is 3.75. The molecular weight excluding hydrogens is 382 g/mol. The van der Waals surface area contributed by atoms with Gasteiger partial charge in [0, 0.05) is 6.54 Å². The molecule has 28 heavy (non-hydrogen) atoms. The molecular formula is C19H19N3O5S. The number of thiophene rings is 1. The summed E-state index contributed by atoms with van der Waals surface area (Å²) >= 11 is 1.09. The van der Waals surface area contributed by atoms with Gasteiger partial charge in [0.25, 0.3) is 11.8 Å². The molecule has 1 aromatic carbocycles. The molecule has 0 saturated carbocycles. The van der Waals surface area contributed by atoms with Crippen molar-refractivity contribution in [2.24, 2.45) is 0 Å². The lowest BCUT2D eigenvalue weighted by atomic mass is 10.1. The van der Waals surface area contributed by atoms with Gasteiger partial charge >= 0.3 is 5.97 Å². The van der Waals surface area contributed by atoms with Gasteiger partial charge in [0.2, 0.25) is 0 Å². The van der Waals surface area contributed by atoms with Crippen molar-refractivity contribution in [2.75, 3.05) is 19.0 Å². The van der Waals surface area contributed by atoms with Crippen LogP contribution in [0.2, 0.25) is 0 Å². The van der Waals surface area contributed by atoms with Gasteiger partial charge in [-0.25, -0.2) is 4.79 Å². The summed E-state index contributed by atoms with van der Waals surface area (Å²) in [5.74, 6) is -0.339. The highest BCUT2D eigenvalue weighted by atomic mass is 32.1. The Bertz CT molecular complexity index is 949. The zero-order valence-electron chi connectivity index (χ0n) is 15.4. The average Bonchev–Trinajstić information content (AvgIpc) is 3.01. The topological polar surface area (TPSA) is 106 Å². The van der Waals surface area contributed by atoms with Crippen LogP contribution in [0.15, 0.2) is 36.7 Å². The van der Waals surface area contributed by atoms with Crippen molar-refractivity contribution >= 4 is 34.1 Å². The second-order valence-electron chi connectivity index (χ2n) is 6.02. The lowest BCUT2D eigenvalue weighted by Gasteiger charge is -2.16. The van der Waals surface area contributed by atoms with Gasteiger partial charge in [-0.1, -0.05) is 18.7 Å². The molecule has 0 radical (unpaired) electrons. The molecule has 1 aliphatic rings. The molecule has 0 atom stereocenters. The average molecular weight is 401 g/mol. The Hall–Kier alpha value is -3.33. The Morgan fingerprint density at radius 1 is 1.21 bits per heavy atom. The first-order chi connectivity index (χ1) is 13.4. The predicted octanol–water partition coefficient (Wildman–Crippen LogP) is 2.16. The number of rotatable bonds is 6. The smallest absolute Gasteiger partial charge is 0.349 e. The van der Waals surface area contributed by atoms with Crippen molar-refractivity contribution in [3.63, 3.8) is 0 Å². The van der Waals surface area contributed by atoms with E-state index in [-0.39, 0.29) is 10.8 Å². The Balaban J connectivity index is 1.55. The normalized spacial score (nSPS) is 12.5. The Kier molecular flexibility index (Phi) is 5.65. The Morgan fingerprint density at radius 3 is 2.61 bits per heavy atom. The molecule has 0 fully saturated rings. The van der Waals surface area contributed by atoms with E-state index in [1.807, 2.05) is 12.1 Å². The SMILES string of the molecule is C=C1NC(=O)c2c(sc(C(=O)OCC(=O)NCc3ccc(OC)cc3)c2C)N1. The molecule has 3 N–H and O–H groups in total. The van der Waals surface area contributed by atoms with Gasteiger partial charge in [-0.3, -0.25) is 9.59 Å². The van der Waals surface area contributed by atoms with E-state index in [9.17, 15) is 14.4 Å². The number of methoxy groups -OCH3 is 1. The van der Waals surface area contributed by atoms with Gasteiger partial charge in [-0.05, 0) is 30.2 Å². The molecule has 1 aliphatic heterocycles. The summed E-state index contributed by atoms with van der Waals surface area (Å²) in [6.45, 7) is 5.20. The highest BCUT2D eigenvalue weighted by Crippen LogP contribution is 2.36. The first-order valence-corrected chi connectivity index (χ1v) is 9.18. The number of carbonyl (C=O) groups excluding carboxylic acids is 3. The quantitative estimate of drug-likeness (QED) is 0.641. The third-order valence-electron chi connectivity index (χ3n) is 4.07. The molecule has 0 bridgehead atoms. The summed E-state index contributed by atoms with van der Waals surface area (Å²) in [5, 5.41) is 8.68. The number of ether oxygens (including phenoxy) is 2. The first-order valence-electron chi connectivity index (χ1n) is 8.36. The number of hydrogen-bond donors (Lipinski definition) is 3. The second kappa shape index (κ2) is 8.13. The van der Waals surface area contributed by atoms with Crippen LogP contribution in [-0.4, -0.2) is 31.5 Å². The van der Waals surface area contributed by atoms with Gasteiger partial charge in [0.05, 0.1) is 12.7 Å². The summed E-state index contributed by atoms with van der Waals surface area (Å²) in [6.07, 6.45) is 0. The minimum Gasteiger partial charge on any atom is -0.497 e. The van der Waals surface area contributed by atoms with Crippen LogP contribution in [0.3, 0.4) is 0 Å². The predicted molar refractivity (Wildman–Crippen MR) is 104 cm³/mol. The van der Waals surface area contributed by atoms with Crippen molar-refractivity contribution in [3.05, 3.63) is 58.2 Å². The monoisotopic (exact) mass is 401 g/mol. The fraction of sp³-hybridized carbons (Fsp3) is 0.211. The molecule has 0 aliphatic carbocycles. The minimum atomic E-state index is -0.656. The van der Waals surface area contributed by atoms with Gasteiger partial charge in [-0.2, -0.15) is 0 Å². The van der Waals surface area contributed by atoms with Crippen LogP contribution in [-0.2, 0) is 16.1 Å². The fourth-order valence-electron chi connectivity index (χ4n) is 2.63. The molecule has 0 unspecified atom stereocenters. The van der Waals surface area contributed by atoms with Crippen LogP contribution in [0.5, 0.6) is 5.75 Å². The largest absolute Gasteiger partial charge is 0.497 e. The van der Waals surface area contributed by atoms with Gasteiger partial charge in [-0.15, -0.1) is 11.3 Å². The maximum atomic E-state index is 12.3. The summed E-state index contributed by atoms with van der Waals surface area (Å²) in [6, 6.07) is 7.25. The van der Waals surface area contributed by atoms with E-state index < -0.39 is 18.5 Å². The van der Waals surface area contributed by atoms with E-state index >= 15 is 0 Å². The van der Waals surface area contributed by atoms with E-state index in [1.165, 1.54) is 0 Å². The van der Waals surface area contributed by atoms with Crippen LogP contribution in [0.25, 0.3) is 0 Å². The molecule has 0 saturated heterocycles. The van der Waals surface area contributed by atoms with E-state index in [1.54, 1.807) is 26.2 Å². The summed E-state index contributed by atoms with van der Waals surface area (Å²) < 4.78 is 10.2. The van der Waals surface area contributed by atoms with Crippen LogP contribution < -0.4 is 20.7 Å². The number of anilines is 1. The summed E-state index contributed by atoms with van der Waals surface area (Å²) in [4.78, 5) is 36.6. The van der Waals surface area contributed by atoms with Crippen LogP contribution >= 0.6 is 11.3 Å². The standard InChI is InChI=1S/C19H19N3O5S/c1-10-15-17(24)21-11(2)22-18(15)28-16(10)19(25)27-9-14(23)20-8-12-4-6-13(26-3)7-5-12/h4-7,22H,2,8-9H2,1,3H3,(H,20,23)(H,21,24). The third-order valence-corrected chi connectivity index (χ3v) is 5.26. The molecule has 146 valence electrons. The number of fused-ring (bicyclic) bond motifs is 1. The van der Waals surface area contributed by atoms with E-state index in [0.29, 0.717) is 28.5 Å². The molecule has 3 rings (SSSR count). The molecule has 8 nitrogen and oxygen atoms in total. The lowest BCUT2D eigenvalue weighted by Crippen LogP contribution is -2.31. The van der Waals surface area contributed by atoms with Crippen molar-refractivity contribution < 1.29 is 23.9 Å². The molecule has 2 aromatic rings. The van der Waals surface area contributed by atoms with Crippen LogP contribution in [0, 0.1) is 6.92 Å². The maximum absolute atomic E-state index is 12.3. The second-order valence-corrected chi connectivity index (χ2v) is 7.04. The number of nitrogens with one attached hydrogen (secondary N) is 3. The van der Waals surface area contributed by atoms with Crippen LogP contribution in [0.1, 0.15) is 31.2 Å². The highest BCUT2D eigenvalue weighted by Gasteiger charge is 2.29. The molecule has 0 spiro atoms. The lowest BCUT2D eigenvalue weighted by molar-refractivity contribution is -0.124. The number of esters is 1. The molecule has 2 heterocycles. The maximum Gasteiger partial charge on any atom is 0.349 e. The first kappa shape index (κ1) is 19.4. The van der Waals surface area contributed by atoms with Gasteiger partial charge in [0.15, 0.2) is 6.61 Å². The number of hydrogen-bond acceptors (Lipinski definition) is 7. The van der Waals surface area contributed by atoms with Crippen molar-refractivity contribution in [1.82, 2.24) is 10.6 Å². The molecule has 2 amide bonds. The minimum absolute atomic E-state index is 0.269. The van der Waals surface area contributed by atoms with Gasteiger partial charge in [0.1, 0.15) is 21.4 Å². The number of amides is 2. The Labute approximate surface area is 165 Å². The van der Waals surface area contributed by atoms with E-state index in [0.717, 1.165) is 22.6 Å². The number of benzene rings is 1. The number of carbonyl (C=O) groups is 3. The van der Waals surface area contributed by atoms with Crippen molar-refractivity contribution in [3.8, 4) is 5.75 Å². The zero-order valence-corrected chi connectivity index (χ0v) is 16.2.